The number of nitrogens with two attached hydrogens (primary N) is 2. The zero-order valence-corrected chi connectivity index (χ0v) is 12.9. The lowest BCUT2D eigenvalue weighted by Crippen LogP contribution is -2.24. The largest absolute Gasteiger partial charge is 0.370 e. The molecule has 4 nitrogen and oxygen atoms in total. The van der Waals surface area contributed by atoms with Gasteiger partial charge in [-0.3, -0.25) is 4.79 Å². The number of hydrogen-bond acceptors (Lipinski definition) is 2. The third-order valence-corrected chi connectivity index (χ3v) is 4.38. The van der Waals surface area contributed by atoms with Crippen LogP contribution < -0.4 is 11.5 Å². The molecule has 2 aromatic carbocycles. The van der Waals surface area contributed by atoms with Crippen LogP contribution in [0.15, 0.2) is 52.8 Å². The molecule has 0 aliphatic rings. The molecule has 1 amide bonds. The van der Waals surface area contributed by atoms with Gasteiger partial charge in [0.1, 0.15) is 0 Å². The normalized spacial score (nSPS) is 10.6. The van der Waals surface area contributed by atoms with E-state index in [1.165, 1.54) is 5.56 Å². The Balaban J connectivity index is 2.11. The minimum Gasteiger partial charge on any atom is -0.370 e. The summed E-state index contributed by atoms with van der Waals surface area (Å²) < 4.78 is 1.12. The topological polar surface area (TPSA) is 81.5 Å². The van der Waals surface area contributed by atoms with E-state index in [0.29, 0.717) is 5.56 Å². The lowest BCUT2D eigenvalue weighted by molar-refractivity contribution is 0.100. The van der Waals surface area contributed by atoms with Crippen LogP contribution in [0.2, 0.25) is 0 Å². The minimum absolute atomic E-state index is 0.228. The van der Waals surface area contributed by atoms with Gasteiger partial charge in [-0.25, -0.2) is 0 Å². The number of aliphatic imine (C=N–C) groups is 1. The molecular formula is C17H15N3OS. The van der Waals surface area contributed by atoms with Gasteiger partial charge in [-0.1, -0.05) is 29.8 Å². The SMILES string of the molecule is Cc1ccc(-c2csc3ccc(C(=O)N=C(N)N)cc23)cc1. The van der Waals surface area contributed by atoms with Crippen molar-refractivity contribution in [2.75, 3.05) is 0 Å². The Morgan fingerprint density at radius 2 is 1.82 bits per heavy atom. The molecular weight excluding hydrogens is 294 g/mol. The van der Waals surface area contributed by atoms with Crippen molar-refractivity contribution in [2.45, 2.75) is 6.92 Å². The summed E-state index contributed by atoms with van der Waals surface area (Å²) in [5.74, 6) is -0.655. The van der Waals surface area contributed by atoms with Crippen molar-refractivity contribution in [1.82, 2.24) is 0 Å². The summed E-state index contributed by atoms with van der Waals surface area (Å²) in [6, 6.07) is 13.8. The molecule has 0 aliphatic carbocycles. The van der Waals surface area contributed by atoms with Gasteiger partial charge in [0.15, 0.2) is 5.96 Å². The second kappa shape index (κ2) is 5.61. The standard InChI is InChI=1S/C17H15N3OS/c1-10-2-4-11(5-3-10)14-9-22-15-7-6-12(8-13(14)15)16(21)20-17(18)19/h2-9H,1H3,(H4,18,19,20,21). The Bertz CT molecular complexity index is 875. The molecule has 4 N–H and O–H groups in total. The highest BCUT2D eigenvalue weighted by atomic mass is 32.1. The number of nitrogens with zero attached hydrogens (tertiary/aromatic N) is 1. The van der Waals surface area contributed by atoms with E-state index in [4.69, 9.17) is 11.5 Å². The number of aryl methyl sites for hydroxylation is 1. The predicted octanol–water partition coefficient (Wildman–Crippen LogP) is 3.29. The maximum Gasteiger partial charge on any atom is 0.280 e. The van der Waals surface area contributed by atoms with E-state index in [9.17, 15) is 4.79 Å². The number of guanidine groups is 1. The van der Waals surface area contributed by atoms with Crippen LogP contribution in [0.1, 0.15) is 15.9 Å². The average Bonchev–Trinajstić information content (AvgIpc) is 2.90. The van der Waals surface area contributed by atoms with Gasteiger partial charge in [0.25, 0.3) is 5.91 Å². The van der Waals surface area contributed by atoms with Gasteiger partial charge in [0.05, 0.1) is 0 Å². The van der Waals surface area contributed by atoms with Crippen LogP contribution in [0.25, 0.3) is 21.2 Å². The Morgan fingerprint density at radius 1 is 1.09 bits per heavy atom. The predicted molar refractivity (Wildman–Crippen MR) is 92.1 cm³/mol. The van der Waals surface area contributed by atoms with E-state index >= 15 is 0 Å². The van der Waals surface area contributed by atoms with E-state index in [-0.39, 0.29) is 5.96 Å². The number of rotatable bonds is 2. The van der Waals surface area contributed by atoms with Gasteiger partial charge in [0.2, 0.25) is 0 Å². The Morgan fingerprint density at radius 3 is 2.50 bits per heavy atom. The highest BCUT2D eigenvalue weighted by Gasteiger charge is 2.11. The van der Waals surface area contributed by atoms with Gasteiger partial charge < -0.3 is 11.5 Å². The molecule has 0 saturated carbocycles. The van der Waals surface area contributed by atoms with Crippen LogP contribution in [0, 0.1) is 6.92 Å². The number of thiophene rings is 1. The summed E-state index contributed by atoms with van der Waals surface area (Å²) >= 11 is 1.65. The van der Waals surface area contributed by atoms with E-state index in [1.807, 2.05) is 12.1 Å². The molecule has 0 bridgehead atoms. The monoisotopic (exact) mass is 309 g/mol. The number of carbonyl (C=O) groups excluding carboxylic acids is 1. The third-order valence-electron chi connectivity index (χ3n) is 3.41. The Labute approximate surface area is 132 Å². The van der Waals surface area contributed by atoms with Crippen LogP contribution in [0.3, 0.4) is 0 Å². The molecule has 1 heterocycles. The second-order valence-corrected chi connectivity index (χ2v) is 5.98. The van der Waals surface area contributed by atoms with Gasteiger partial charge in [-0.15, -0.1) is 11.3 Å². The van der Waals surface area contributed by atoms with Crippen LogP contribution in [-0.2, 0) is 0 Å². The quantitative estimate of drug-likeness (QED) is 0.563. The summed E-state index contributed by atoms with van der Waals surface area (Å²) in [6.45, 7) is 2.06. The number of carbonyl (C=O) groups is 1. The van der Waals surface area contributed by atoms with E-state index in [2.05, 4.69) is 41.6 Å². The highest BCUT2D eigenvalue weighted by Crippen LogP contribution is 2.34. The molecule has 0 aliphatic heterocycles. The minimum atomic E-state index is -0.428. The molecule has 3 aromatic rings. The zero-order valence-electron chi connectivity index (χ0n) is 12.0. The number of hydrogen-bond donors (Lipinski definition) is 2. The maximum atomic E-state index is 12.0. The first kappa shape index (κ1) is 14.3. The first-order chi connectivity index (χ1) is 10.5. The van der Waals surface area contributed by atoms with Gasteiger partial charge in [-0.2, -0.15) is 4.99 Å². The summed E-state index contributed by atoms with van der Waals surface area (Å²) in [5.41, 5.74) is 14.5. The fraction of sp³-hybridized carbons (Fsp3) is 0.0588. The van der Waals surface area contributed by atoms with Crippen molar-refractivity contribution in [3.8, 4) is 11.1 Å². The van der Waals surface area contributed by atoms with Crippen LogP contribution >= 0.6 is 11.3 Å². The van der Waals surface area contributed by atoms with Crippen LogP contribution in [0.5, 0.6) is 0 Å². The number of fused-ring (bicyclic) bond motifs is 1. The lowest BCUT2D eigenvalue weighted by atomic mass is 10.0. The fourth-order valence-corrected chi connectivity index (χ4v) is 3.25. The van der Waals surface area contributed by atoms with Crippen LogP contribution in [0.4, 0.5) is 0 Å². The van der Waals surface area contributed by atoms with E-state index < -0.39 is 5.91 Å². The zero-order chi connectivity index (χ0) is 15.7. The molecule has 1 aromatic heterocycles. The molecule has 0 atom stereocenters. The molecule has 0 fully saturated rings. The molecule has 0 spiro atoms. The van der Waals surface area contributed by atoms with Gasteiger partial charge >= 0.3 is 0 Å². The first-order valence-corrected chi connectivity index (χ1v) is 7.65. The highest BCUT2D eigenvalue weighted by molar-refractivity contribution is 7.17. The molecule has 0 unspecified atom stereocenters. The second-order valence-electron chi connectivity index (χ2n) is 5.07. The van der Waals surface area contributed by atoms with Gasteiger partial charge in [0, 0.05) is 21.2 Å². The van der Waals surface area contributed by atoms with Crippen molar-refractivity contribution in [3.63, 3.8) is 0 Å². The van der Waals surface area contributed by atoms with Crippen molar-refractivity contribution < 1.29 is 4.79 Å². The summed E-state index contributed by atoms with van der Waals surface area (Å²) in [4.78, 5) is 15.6. The van der Waals surface area contributed by atoms with Gasteiger partial charge in [-0.05, 0) is 36.1 Å². The molecule has 5 heteroatoms. The summed E-state index contributed by atoms with van der Waals surface area (Å²) in [6.07, 6.45) is 0. The Kier molecular flexibility index (Phi) is 3.65. The molecule has 0 radical (unpaired) electrons. The third kappa shape index (κ3) is 2.71. The van der Waals surface area contributed by atoms with Crippen molar-refractivity contribution in [2.24, 2.45) is 16.5 Å². The molecule has 3 rings (SSSR count). The summed E-state index contributed by atoms with van der Waals surface area (Å²) in [5, 5.41) is 3.13. The van der Waals surface area contributed by atoms with Crippen molar-refractivity contribution in [1.29, 1.82) is 0 Å². The molecule has 110 valence electrons. The summed E-state index contributed by atoms with van der Waals surface area (Å²) in [7, 11) is 0. The van der Waals surface area contributed by atoms with Crippen molar-refractivity contribution >= 4 is 33.3 Å². The fourth-order valence-electron chi connectivity index (χ4n) is 2.30. The van der Waals surface area contributed by atoms with E-state index in [1.54, 1.807) is 17.4 Å². The van der Waals surface area contributed by atoms with Crippen LogP contribution in [-0.4, -0.2) is 11.9 Å². The average molecular weight is 309 g/mol. The Hall–Kier alpha value is -2.66. The lowest BCUT2D eigenvalue weighted by Gasteiger charge is -2.02. The smallest absolute Gasteiger partial charge is 0.280 e. The number of amides is 1. The molecule has 22 heavy (non-hydrogen) atoms. The first-order valence-electron chi connectivity index (χ1n) is 6.77. The van der Waals surface area contributed by atoms with E-state index in [0.717, 1.165) is 21.2 Å². The van der Waals surface area contributed by atoms with Crippen molar-refractivity contribution in [3.05, 3.63) is 59.0 Å². The number of benzene rings is 2. The maximum absolute atomic E-state index is 12.0. The molecule has 0 saturated heterocycles.